The molecule has 7 nitrogen and oxygen atoms in total. The second-order valence-corrected chi connectivity index (χ2v) is 5.61. The van der Waals surface area contributed by atoms with E-state index in [0.29, 0.717) is 17.1 Å². The number of halogens is 1. The Morgan fingerprint density at radius 1 is 0.926 bits per heavy atom. The largest absolute Gasteiger partial charge is 0.326 e. The summed E-state index contributed by atoms with van der Waals surface area (Å²) in [6.07, 6.45) is 1.45. The van der Waals surface area contributed by atoms with Gasteiger partial charge < -0.3 is 16.0 Å². The van der Waals surface area contributed by atoms with Crippen molar-refractivity contribution in [3.05, 3.63) is 72.3 Å². The van der Waals surface area contributed by atoms with Crippen LogP contribution in [0, 0.1) is 5.82 Å². The molecule has 27 heavy (non-hydrogen) atoms. The molecule has 3 N–H and O–H groups in total. The minimum Gasteiger partial charge on any atom is -0.326 e. The molecule has 0 aliphatic heterocycles. The topological polar surface area (TPSA) is 96.0 Å². The molecule has 136 valence electrons. The average Bonchev–Trinajstić information content (AvgIpc) is 2.63. The Morgan fingerprint density at radius 2 is 1.67 bits per heavy atom. The van der Waals surface area contributed by atoms with E-state index in [4.69, 9.17) is 0 Å². The molecule has 1 aromatic heterocycles. The summed E-state index contributed by atoms with van der Waals surface area (Å²) in [7, 11) is 0. The number of nitrogens with zero attached hydrogens (tertiary/aromatic N) is 2. The van der Waals surface area contributed by atoms with Gasteiger partial charge in [-0.3, -0.25) is 9.59 Å². The second kappa shape index (κ2) is 8.05. The number of amides is 2. The Morgan fingerprint density at radius 3 is 2.37 bits per heavy atom. The summed E-state index contributed by atoms with van der Waals surface area (Å²) in [5, 5.41) is 8.23. The van der Waals surface area contributed by atoms with E-state index in [-0.39, 0.29) is 17.5 Å². The fourth-order valence-corrected chi connectivity index (χ4v) is 2.28. The molecule has 0 bridgehead atoms. The molecule has 1 heterocycles. The monoisotopic (exact) mass is 365 g/mol. The lowest BCUT2D eigenvalue weighted by molar-refractivity contribution is -0.114. The van der Waals surface area contributed by atoms with Crippen LogP contribution in [0.1, 0.15) is 17.4 Å². The molecule has 0 aliphatic rings. The lowest BCUT2D eigenvalue weighted by atomic mass is 10.3. The molecule has 3 rings (SSSR count). The first-order chi connectivity index (χ1) is 13.0. The molecule has 2 amide bonds. The van der Waals surface area contributed by atoms with E-state index < -0.39 is 11.7 Å². The second-order valence-electron chi connectivity index (χ2n) is 5.61. The van der Waals surface area contributed by atoms with Crippen molar-refractivity contribution in [1.82, 2.24) is 9.97 Å². The van der Waals surface area contributed by atoms with Gasteiger partial charge in [-0.2, -0.15) is 0 Å². The summed E-state index contributed by atoms with van der Waals surface area (Å²) in [5.41, 5.74) is 1.82. The zero-order valence-corrected chi connectivity index (χ0v) is 14.4. The highest BCUT2D eigenvalue weighted by molar-refractivity contribution is 6.03. The lowest BCUT2D eigenvalue weighted by Gasteiger charge is -2.08. The summed E-state index contributed by atoms with van der Waals surface area (Å²) in [6.45, 7) is 1.43. The van der Waals surface area contributed by atoms with Crippen LogP contribution in [0.3, 0.4) is 0 Å². The molecular formula is C19H16FN5O2. The predicted molar refractivity (Wildman–Crippen MR) is 100 cm³/mol. The van der Waals surface area contributed by atoms with Gasteiger partial charge in [0.2, 0.25) is 11.9 Å². The molecule has 0 radical (unpaired) electrons. The normalized spacial score (nSPS) is 10.1. The number of benzene rings is 2. The van der Waals surface area contributed by atoms with Gasteiger partial charge in [-0.25, -0.2) is 14.4 Å². The average molecular weight is 365 g/mol. The van der Waals surface area contributed by atoms with E-state index in [2.05, 4.69) is 25.9 Å². The predicted octanol–water partition coefficient (Wildman–Crippen LogP) is 3.57. The van der Waals surface area contributed by atoms with Gasteiger partial charge in [0, 0.05) is 30.2 Å². The van der Waals surface area contributed by atoms with E-state index in [9.17, 15) is 14.0 Å². The summed E-state index contributed by atoms with van der Waals surface area (Å²) in [5.74, 6) is -0.849. The molecule has 0 unspecified atom stereocenters. The highest BCUT2D eigenvalue weighted by Gasteiger charge is 2.10. The van der Waals surface area contributed by atoms with Crippen LogP contribution in [0.25, 0.3) is 0 Å². The standard InChI is InChI=1S/C19H16FN5O2/c1-12(26)22-14-5-7-15(8-6-14)24-19-21-10-9-17(25-19)18(27)23-16-4-2-3-13(20)11-16/h2-11H,1H3,(H,22,26)(H,23,27)(H,21,24,25). The minimum absolute atomic E-state index is 0.131. The Hall–Kier alpha value is -3.81. The lowest BCUT2D eigenvalue weighted by Crippen LogP contribution is -2.14. The first-order valence-corrected chi connectivity index (χ1v) is 8.04. The third-order valence-electron chi connectivity index (χ3n) is 3.43. The Labute approximate surface area is 154 Å². The number of nitrogens with one attached hydrogen (secondary N) is 3. The molecular weight excluding hydrogens is 349 g/mol. The van der Waals surface area contributed by atoms with E-state index in [1.165, 1.54) is 37.4 Å². The maximum atomic E-state index is 13.2. The number of hydrogen-bond donors (Lipinski definition) is 3. The zero-order chi connectivity index (χ0) is 19.2. The Kier molecular flexibility index (Phi) is 5.36. The van der Waals surface area contributed by atoms with Crippen molar-refractivity contribution in [2.75, 3.05) is 16.0 Å². The van der Waals surface area contributed by atoms with E-state index in [1.54, 1.807) is 30.3 Å². The van der Waals surface area contributed by atoms with Gasteiger partial charge in [-0.05, 0) is 48.5 Å². The van der Waals surface area contributed by atoms with Crippen LogP contribution in [0.5, 0.6) is 0 Å². The molecule has 0 spiro atoms. The third kappa shape index (κ3) is 5.08. The van der Waals surface area contributed by atoms with Gasteiger partial charge >= 0.3 is 0 Å². The zero-order valence-electron chi connectivity index (χ0n) is 14.4. The number of aromatic nitrogens is 2. The molecule has 0 atom stereocenters. The van der Waals surface area contributed by atoms with Crippen molar-refractivity contribution in [3.63, 3.8) is 0 Å². The summed E-state index contributed by atoms with van der Waals surface area (Å²) in [4.78, 5) is 31.6. The van der Waals surface area contributed by atoms with E-state index in [0.717, 1.165) is 0 Å². The number of hydrogen-bond acceptors (Lipinski definition) is 5. The Balaban J connectivity index is 1.69. The van der Waals surface area contributed by atoms with Crippen LogP contribution >= 0.6 is 0 Å². The molecule has 0 aliphatic carbocycles. The Bertz CT molecular complexity index is 976. The summed E-state index contributed by atoms with van der Waals surface area (Å²) < 4.78 is 13.2. The highest BCUT2D eigenvalue weighted by Crippen LogP contribution is 2.17. The molecule has 3 aromatic rings. The number of carbonyl (C=O) groups is 2. The van der Waals surface area contributed by atoms with E-state index in [1.807, 2.05) is 0 Å². The van der Waals surface area contributed by atoms with Crippen molar-refractivity contribution >= 4 is 34.8 Å². The van der Waals surface area contributed by atoms with Crippen LogP contribution in [0.15, 0.2) is 60.8 Å². The number of rotatable bonds is 5. The smallest absolute Gasteiger partial charge is 0.274 e. The first kappa shape index (κ1) is 18.0. The van der Waals surface area contributed by atoms with Crippen molar-refractivity contribution < 1.29 is 14.0 Å². The number of carbonyl (C=O) groups excluding carboxylic acids is 2. The molecule has 2 aromatic carbocycles. The summed E-state index contributed by atoms with van der Waals surface area (Å²) in [6, 6.07) is 14.0. The fourth-order valence-electron chi connectivity index (χ4n) is 2.28. The van der Waals surface area contributed by atoms with Crippen molar-refractivity contribution in [1.29, 1.82) is 0 Å². The first-order valence-electron chi connectivity index (χ1n) is 8.04. The van der Waals surface area contributed by atoms with Gasteiger partial charge in [-0.15, -0.1) is 0 Å². The molecule has 0 saturated heterocycles. The van der Waals surface area contributed by atoms with Gasteiger partial charge in [0.1, 0.15) is 11.5 Å². The number of anilines is 4. The maximum absolute atomic E-state index is 13.2. The van der Waals surface area contributed by atoms with Crippen LogP contribution < -0.4 is 16.0 Å². The van der Waals surface area contributed by atoms with Gasteiger partial charge in [0.15, 0.2) is 0 Å². The van der Waals surface area contributed by atoms with Crippen LogP contribution in [-0.4, -0.2) is 21.8 Å². The van der Waals surface area contributed by atoms with Crippen LogP contribution in [0.4, 0.5) is 27.4 Å². The van der Waals surface area contributed by atoms with Gasteiger partial charge in [0.25, 0.3) is 5.91 Å². The molecule has 0 fully saturated rings. The quantitative estimate of drug-likeness (QED) is 0.642. The molecule has 0 saturated carbocycles. The van der Waals surface area contributed by atoms with Crippen molar-refractivity contribution in [2.45, 2.75) is 6.92 Å². The highest BCUT2D eigenvalue weighted by atomic mass is 19.1. The van der Waals surface area contributed by atoms with Crippen LogP contribution in [-0.2, 0) is 4.79 Å². The minimum atomic E-state index is -0.480. The van der Waals surface area contributed by atoms with Gasteiger partial charge in [0.05, 0.1) is 0 Å². The van der Waals surface area contributed by atoms with Crippen molar-refractivity contribution in [2.24, 2.45) is 0 Å². The third-order valence-corrected chi connectivity index (χ3v) is 3.43. The van der Waals surface area contributed by atoms with E-state index >= 15 is 0 Å². The van der Waals surface area contributed by atoms with Crippen LogP contribution in [0.2, 0.25) is 0 Å². The summed E-state index contributed by atoms with van der Waals surface area (Å²) >= 11 is 0. The maximum Gasteiger partial charge on any atom is 0.274 e. The molecule has 8 heteroatoms. The fraction of sp³-hybridized carbons (Fsp3) is 0.0526. The van der Waals surface area contributed by atoms with Crippen molar-refractivity contribution in [3.8, 4) is 0 Å². The SMILES string of the molecule is CC(=O)Nc1ccc(Nc2nccc(C(=O)Nc3cccc(F)c3)n2)cc1. The van der Waals surface area contributed by atoms with Gasteiger partial charge in [-0.1, -0.05) is 6.07 Å².